The van der Waals surface area contributed by atoms with Crippen LogP contribution in [0.25, 0.3) is 11.3 Å². The number of carbonyl (C=O) groups is 1. The number of amides is 1. The molecule has 2 aromatic carbocycles. The number of rotatable bonds is 5. The van der Waals surface area contributed by atoms with Gasteiger partial charge in [-0.15, -0.1) is 0 Å². The quantitative estimate of drug-likeness (QED) is 0.430. The molecule has 1 aliphatic heterocycles. The van der Waals surface area contributed by atoms with Gasteiger partial charge in [-0.2, -0.15) is 5.10 Å². The maximum absolute atomic E-state index is 13.5. The molecule has 1 amide bonds. The summed E-state index contributed by atoms with van der Waals surface area (Å²) >= 11 is 0. The lowest BCUT2D eigenvalue weighted by atomic mass is 10.1. The van der Waals surface area contributed by atoms with Gasteiger partial charge < -0.3 is 9.80 Å². The van der Waals surface area contributed by atoms with E-state index >= 15 is 0 Å². The lowest BCUT2D eigenvalue weighted by Crippen LogP contribution is -2.49. The molecule has 0 spiro atoms. The summed E-state index contributed by atoms with van der Waals surface area (Å²) in [6.45, 7) is 2.05. The number of anilines is 1. The Morgan fingerprint density at radius 1 is 0.861 bits per heavy atom. The highest BCUT2D eigenvalue weighted by molar-refractivity contribution is 5.92. The van der Waals surface area contributed by atoms with Crippen LogP contribution in [0, 0.1) is 11.6 Å². The maximum Gasteiger partial charge on any atom is 0.274 e. The van der Waals surface area contributed by atoms with Gasteiger partial charge in [-0.25, -0.2) is 23.4 Å². The molecule has 0 aliphatic carbocycles. The summed E-state index contributed by atoms with van der Waals surface area (Å²) < 4.78 is 27.9. The molecule has 4 aromatic rings. The van der Waals surface area contributed by atoms with E-state index < -0.39 is 5.82 Å². The van der Waals surface area contributed by atoms with Gasteiger partial charge in [0.25, 0.3) is 11.5 Å². The number of benzene rings is 2. The number of nitrogens with zero attached hydrogens (tertiary/aromatic N) is 6. The molecule has 1 fully saturated rings. The predicted molar refractivity (Wildman–Crippen MR) is 130 cm³/mol. The second kappa shape index (κ2) is 10.0. The van der Waals surface area contributed by atoms with Crippen molar-refractivity contribution in [3.63, 3.8) is 0 Å². The zero-order valence-corrected chi connectivity index (χ0v) is 19.2. The van der Waals surface area contributed by atoms with Crippen molar-refractivity contribution in [2.45, 2.75) is 6.54 Å². The summed E-state index contributed by atoms with van der Waals surface area (Å²) in [6, 6.07) is 16.6. The van der Waals surface area contributed by atoms with Gasteiger partial charge in [0.2, 0.25) is 0 Å². The second-order valence-electron chi connectivity index (χ2n) is 8.39. The molecule has 0 atom stereocenters. The molecule has 1 aliphatic rings. The number of piperazine rings is 1. The van der Waals surface area contributed by atoms with Gasteiger partial charge >= 0.3 is 0 Å². The van der Waals surface area contributed by atoms with Gasteiger partial charge in [0, 0.05) is 43.9 Å². The summed E-state index contributed by atoms with van der Waals surface area (Å²) in [7, 11) is 0. The normalized spacial score (nSPS) is 13.6. The van der Waals surface area contributed by atoms with Crippen LogP contribution in [0.4, 0.5) is 14.6 Å². The molecule has 182 valence electrons. The van der Waals surface area contributed by atoms with E-state index in [1.807, 2.05) is 6.07 Å². The maximum atomic E-state index is 13.5. The fourth-order valence-electron chi connectivity index (χ4n) is 4.08. The van der Waals surface area contributed by atoms with E-state index in [1.54, 1.807) is 29.2 Å². The molecule has 3 heterocycles. The number of hydrogen-bond donors (Lipinski definition) is 0. The number of halogens is 2. The van der Waals surface area contributed by atoms with E-state index in [4.69, 9.17) is 0 Å². The lowest BCUT2D eigenvalue weighted by molar-refractivity contribution is 0.0737. The molecule has 5 rings (SSSR count). The first-order chi connectivity index (χ1) is 17.5. The topological polar surface area (TPSA) is 84.2 Å². The highest BCUT2D eigenvalue weighted by Crippen LogP contribution is 2.22. The monoisotopic (exact) mass is 488 g/mol. The van der Waals surface area contributed by atoms with E-state index in [1.165, 1.54) is 42.7 Å². The average Bonchev–Trinajstić information content (AvgIpc) is 2.90. The third-order valence-corrected chi connectivity index (χ3v) is 5.99. The van der Waals surface area contributed by atoms with E-state index in [9.17, 15) is 18.4 Å². The predicted octanol–water partition coefficient (Wildman–Crippen LogP) is 2.99. The third kappa shape index (κ3) is 5.12. The summed E-state index contributed by atoms with van der Waals surface area (Å²) in [6.07, 6.45) is 1.47. The van der Waals surface area contributed by atoms with Gasteiger partial charge in [-0.05, 0) is 48.0 Å². The van der Waals surface area contributed by atoms with Crippen molar-refractivity contribution in [1.29, 1.82) is 0 Å². The molecule has 0 N–H and O–H groups in total. The third-order valence-electron chi connectivity index (χ3n) is 5.99. The minimum atomic E-state index is -0.404. The first-order valence-electron chi connectivity index (χ1n) is 11.4. The van der Waals surface area contributed by atoms with Crippen LogP contribution in [0.5, 0.6) is 0 Å². The van der Waals surface area contributed by atoms with Crippen molar-refractivity contribution in [3.05, 3.63) is 106 Å². The molecule has 2 aromatic heterocycles. The number of carbonyl (C=O) groups excluding carboxylic acids is 1. The van der Waals surface area contributed by atoms with E-state index in [0.717, 1.165) is 16.1 Å². The Kier molecular flexibility index (Phi) is 6.48. The molecule has 10 heteroatoms. The van der Waals surface area contributed by atoms with Crippen LogP contribution >= 0.6 is 0 Å². The molecule has 0 saturated carbocycles. The molecular formula is C26H22F2N6O2. The van der Waals surface area contributed by atoms with Crippen LogP contribution in [0.2, 0.25) is 0 Å². The fraction of sp³-hybridized carbons (Fsp3) is 0.192. The molecule has 1 saturated heterocycles. The fourth-order valence-corrected chi connectivity index (χ4v) is 4.08. The van der Waals surface area contributed by atoms with Crippen LogP contribution in [0.15, 0.2) is 77.9 Å². The van der Waals surface area contributed by atoms with Gasteiger partial charge in [0.1, 0.15) is 29.5 Å². The Balaban J connectivity index is 1.26. The smallest absolute Gasteiger partial charge is 0.274 e. The van der Waals surface area contributed by atoms with Crippen LogP contribution in [-0.4, -0.2) is 56.7 Å². The summed E-state index contributed by atoms with van der Waals surface area (Å²) in [5.74, 6) is -0.276. The van der Waals surface area contributed by atoms with Crippen LogP contribution in [0.1, 0.15) is 16.1 Å². The molecule has 0 bridgehead atoms. The minimum Gasteiger partial charge on any atom is -0.353 e. The Morgan fingerprint density at radius 2 is 1.64 bits per heavy atom. The lowest BCUT2D eigenvalue weighted by Gasteiger charge is -2.35. The molecular weight excluding hydrogens is 466 g/mol. The first kappa shape index (κ1) is 23.3. The Labute approximate surface area is 205 Å². The summed E-state index contributed by atoms with van der Waals surface area (Å²) in [5.41, 5.74) is 1.82. The Hall–Kier alpha value is -4.47. The Bertz CT molecular complexity index is 1450. The van der Waals surface area contributed by atoms with Crippen molar-refractivity contribution in [1.82, 2.24) is 24.6 Å². The molecule has 0 unspecified atom stereocenters. The van der Waals surface area contributed by atoms with Crippen molar-refractivity contribution >= 4 is 11.7 Å². The van der Waals surface area contributed by atoms with Gasteiger partial charge in [-0.3, -0.25) is 9.59 Å². The zero-order chi connectivity index (χ0) is 25.1. The largest absolute Gasteiger partial charge is 0.353 e. The minimum absolute atomic E-state index is 0.0651. The average molecular weight is 488 g/mol. The van der Waals surface area contributed by atoms with E-state index in [2.05, 4.69) is 20.0 Å². The number of aromatic nitrogens is 4. The molecule has 36 heavy (non-hydrogen) atoms. The van der Waals surface area contributed by atoms with E-state index in [-0.39, 0.29) is 29.5 Å². The van der Waals surface area contributed by atoms with Crippen molar-refractivity contribution < 1.29 is 13.6 Å². The summed E-state index contributed by atoms with van der Waals surface area (Å²) in [4.78, 5) is 37.7. The van der Waals surface area contributed by atoms with Gasteiger partial charge in [-0.1, -0.05) is 12.1 Å². The SMILES string of the molecule is O=C(c1ccc(=O)n(Cc2cccc(F)c2)n1)N1CCN(c2cc(-c3ccc(F)cc3)ncn2)CC1. The van der Waals surface area contributed by atoms with Crippen LogP contribution in [-0.2, 0) is 6.54 Å². The second-order valence-corrected chi connectivity index (χ2v) is 8.39. The van der Waals surface area contributed by atoms with Crippen molar-refractivity contribution in [2.24, 2.45) is 0 Å². The molecule has 8 nitrogen and oxygen atoms in total. The van der Waals surface area contributed by atoms with Gasteiger partial charge in [0.05, 0.1) is 12.2 Å². The first-order valence-corrected chi connectivity index (χ1v) is 11.4. The highest BCUT2D eigenvalue weighted by atomic mass is 19.1. The Morgan fingerprint density at radius 3 is 2.39 bits per heavy atom. The van der Waals surface area contributed by atoms with Crippen LogP contribution < -0.4 is 10.5 Å². The highest BCUT2D eigenvalue weighted by Gasteiger charge is 2.24. The summed E-state index contributed by atoms with van der Waals surface area (Å²) in [5, 5.41) is 4.23. The van der Waals surface area contributed by atoms with Crippen LogP contribution in [0.3, 0.4) is 0 Å². The zero-order valence-electron chi connectivity index (χ0n) is 19.2. The van der Waals surface area contributed by atoms with E-state index in [0.29, 0.717) is 37.4 Å². The standard InChI is InChI=1S/C26H22F2N6O2/c27-20-6-4-19(5-7-20)23-15-24(30-17-29-23)32-10-12-33(13-11-32)26(36)22-8-9-25(35)34(31-22)16-18-2-1-3-21(28)14-18/h1-9,14-15,17H,10-13,16H2. The van der Waals surface area contributed by atoms with Crippen molar-refractivity contribution in [2.75, 3.05) is 31.1 Å². The van der Waals surface area contributed by atoms with Crippen molar-refractivity contribution in [3.8, 4) is 11.3 Å². The van der Waals surface area contributed by atoms with Gasteiger partial charge in [0.15, 0.2) is 0 Å². The molecule has 0 radical (unpaired) electrons. The number of hydrogen-bond acceptors (Lipinski definition) is 6.